The van der Waals surface area contributed by atoms with Gasteiger partial charge in [-0.05, 0) is 25.0 Å². The minimum Gasteiger partial charge on any atom is -0.337 e. The zero-order valence-electron chi connectivity index (χ0n) is 14.3. The van der Waals surface area contributed by atoms with Gasteiger partial charge in [0.15, 0.2) is 0 Å². The van der Waals surface area contributed by atoms with Crippen LogP contribution in [0.1, 0.15) is 30.5 Å². The normalized spacial score (nSPS) is 17.5. The number of carbonyl (C=O) groups excluding carboxylic acids is 1. The highest BCUT2D eigenvalue weighted by Gasteiger charge is 2.32. The third kappa shape index (κ3) is 2.60. The molecule has 132 valence electrons. The maximum atomic E-state index is 12.5. The van der Waals surface area contributed by atoms with Crippen molar-refractivity contribution in [3.8, 4) is 0 Å². The minimum absolute atomic E-state index is 0.0475. The standard InChI is InChI=1S/C19H19N5O2/c25-18-7-16(13-5-6-13)20-11-23(18)10-19(26)22-8-14(9-22)24-12-21-15-3-1-2-4-17(15)24/h1-4,7,11-14H,5-6,8-10H2. The molecule has 0 atom stereocenters. The van der Waals surface area contributed by atoms with Gasteiger partial charge in [-0.3, -0.25) is 14.2 Å². The minimum atomic E-state index is -0.145. The van der Waals surface area contributed by atoms with Crippen molar-refractivity contribution in [1.29, 1.82) is 0 Å². The zero-order valence-corrected chi connectivity index (χ0v) is 14.3. The number of rotatable bonds is 4. The Labute approximate surface area is 149 Å². The number of carbonyl (C=O) groups is 1. The summed E-state index contributed by atoms with van der Waals surface area (Å²) in [5.74, 6) is 0.392. The summed E-state index contributed by atoms with van der Waals surface area (Å²) >= 11 is 0. The van der Waals surface area contributed by atoms with Crippen LogP contribution >= 0.6 is 0 Å². The molecule has 26 heavy (non-hydrogen) atoms. The van der Waals surface area contributed by atoms with Gasteiger partial charge < -0.3 is 9.47 Å². The first-order chi connectivity index (χ1) is 12.7. The molecule has 1 saturated carbocycles. The van der Waals surface area contributed by atoms with Gasteiger partial charge in [0, 0.05) is 25.1 Å². The van der Waals surface area contributed by atoms with Crippen LogP contribution in [0.25, 0.3) is 11.0 Å². The lowest BCUT2D eigenvalue weighted by molar-refractivity contribution is -0.137. The number of amides is 1. The Morgan fingerprint density at radius 2 is 1.92 bits per heavy atom. The second kappa shape index (κ2) is 5.79. The number of likely N-dealkylation sites (tertiary alicyclic amines) is 1. The SMILES string of the molecule is O=C(Cn1cnc(C2CC2)cc1=O)N1CC(n2cnc3ccccc32)C1. The lowest BCUT2D eigenvalue weighted by Crippen LogP contribution is -2.52. The van der Waals surface area contributed by atoms with Crippen LogP contribution in [0, 0.1) is 0 Å². The maximum Gasteiger partial charge on any atom is 0.254 e. The van der Waals surface area contributed by atoms with Crippen LogP contribution in [0.4, 0.5) is 0 Å². The van der Waals surface area contributed by atoms with Crippen LogP contribution in [0.3, 0.4) is 0 Å². The lowest BCUT2D eigenvalue weighted by Gasteiger charge is -2.40. The zero-order chi connectivity index (χ0) is 17.7. The van der Waals surface area contributed by atoms with E-state index < -0.39 is 0 Å². The van der Waals surface area contributed by atoms with Gasteiger partial charge in [0.1, 0.15) is 6.54 Å². The third-order valence-electron chi connectivity index (χ3n) is 5.29. The topological polar surface area (TPSA) is 73.0 Å². The molecule has 1 aromatic carbocycles. The van der Waals surface area contributed by atoms with Crippen LogP contribution in [0.15, 0.2) is 47.8 Å². The molecule has 1 aliphatic heterocycles. The molecule has 1 aliphatic carbocycles. The number of hydrogen-bond acceptors (Lipinski definition) is 4. The molecule has 7 nitrogen and oxygen atoms in total. The van der Waals surface area contributed by atoms with E-state index >= 15 is 0 Å². The molecule has 2 aromatic heterocycles. The Kier molecular flexibility index (Phi) is 3.41. The fourth-order valence-corrected chi connectivity index (χ4v) is 3.51. The van der Waals surface area contributed by atoms with Gasteiger partial charge in [-0.15, -0.1) is 0 Å². The summed E-state index contributed by atoms with van der Waals surface area (Å²) in [4.78, 5) is 35.2. The number of para-hydroxylation sites is 2. The highest BCUT2D eigenvalue weighted by atomic mass is 16.2. The summed E-state index contributed by atoms with van der Waals surface area (Å²) < 4.78 is 3.52. The summed E-state index contributed by atoms with van der Waals surface area (Å²) in [6, 6.07) is 9.79. The fraction of sp³-hybridized carbons (Fsp3) is 0.368. The van der Waals surface area contributed by atoms with E-state index in [-0.39, 0.29) is 24.1 Å². The summed E-state index contributed by atoms with van der Waals surface area (Å²) in [6.45, 7) is 1.33. The second-order valence-corrected chi connectivity index (χ2v) is 7.15. The summed E-state index contributed by atoms with van der Waals surface area (Å²) in [5, 5.41) is 0. The number of imidazole rings is 1. The van der Waals surface area contributed by atoms with E-state index in [0.717, 1.165) is 29.6 Å². The van der Waals surface area contributed by atoms with Crippen LogP contribution in [-0.2, 0) is 11.3 Å². The molecular formula is C19H19N5O2. The Balaban J connectivity index is 1.25. The average Bonchev–Trinajstić information content (AvgIpc) is 3.37. The highest BCUT2D eigenvalue weighted by Crippen LogP contribution is 2.38. The first kappa shape index (κ1) is 15.3. The number of hydrogen-bond donors (Lipinski definition) is 0. The van der Waals surface area contributed by atoms with Crippen molar-refractivity contribution in [1.82, 2.24) is 24.0 Å². The van der Waals surface area contributed by atoms with Gasteiger partial charge in [0.25, 0.3) is 5.56 Å². The number of nitrogens with zero attached hydrogens (tertiary/aromatic N) is 5. The van der Waals surface area contributed by atoms with Gasteiger partial charge in [0.05, 0.1) is 35.4 Å². The second-order valence-electron chi connectivity index (χ2n) is 7.15. The van der Waals surface area contributed by atoms with Crippen molar-refractivity contribution >= 4 is 16.9 Å². The summed E-state index contributed by atoms with van der Waals surface area (Å²) in [6.07, 6.45) is 5.55. The third-order valence-corrected chi connectivity index (χ3v) is 5.29. The molecule has 0 spiro atoms. The average molecular weight is 349 g/mol. The molecule has 2 fully saturated rings. The largest absolute Gasteiger partial charge is 0.337 e. The van der Waals surface area contributed by atoms with E-state index in [1.807, 2.05) is 30.6 Å². The lowest BCUT2D eigenvalue weighted by atomic mass is 10.1. The number of fused-ring (bicyclic) bond motifs is 1. The molecule has 3 aromatic rings. The van der Waals surface area contributed by atoms with Gasteiger partial charge >= 0.3 is 0 Å². The predicted molar refractivity (Wildman–Crippen MR) is 95.8 cm³/mol. The Bertz CT molecular complexity index is 1040. The molecule has 0 radical (unpaired) electrons. The van der Waals surface area contributed by atoms with Gasteiger partial charge in [-0.2, -0.15) is 0 Å². The Hall–Kier alpha value is -2.96. The molecule has 3 heterocycles. The predicted octanol–water partition coefficient (Wildman–Crippen LogP) is 1.55. The van der Waals surface area contributed by atoms with Gasteiger partial charge in [-0.1, -0.05) is 12.1 Å². The maximum absolute atomic E-state index is 12.5. The van der Waals surface area contributed by atoms with Crippen molar-refractivity contribution in [2.24, 2.45) is 0 Å². The Morgan fingerprint density at radius 1 is 1.12 bits per heavy atom. The first-order valence-electron chi connectivity index (χ1n) is 8.95. The monoisotopic (exact) mass is 349 g/mol. The molecular weight excluding hydrogens is 330 g/mol. The molecule has 5 rings (SSSR count). The van der Waals surface area contributed by atoms with E-state index in [4.69, 9.17) is 0 Å². The van der Waals surface area contributed by atoms with Crippen LogP contribution in [0.2, 0.25) is 0 Å². The smallest absolute Gasteiger partial charge is 0.254 e. The van der Waals surface area contributed by atoms with Gasteiger partial charge in [0.2, 0.25) is 5.91 Å². The molecule has 0 unspecified atom stereocenters. The van der Waals surface area contributed by atoms with E-state index in [9.17, 15) is 9.59 Å². The van der Waals surface area contributed by atoms with Crippen LogP contribution in [0.5, 0.6) is 0 Å². The van der Waals surface area contributed by atoms with Crippen molar-refractivity contribution in [2.75, 3.05) is 13.1 Å². The summed E-state index contributed by atoms with van der Waals surface area (Å²) in [7, 11) is 0. The number of benzene rings is 1. The van der Waals surface area contributed by atoms with E-state index in [0.29, 0.717) is 19.0 Å². The van der Waals surface area contributed by atoms with Crippen LogP contribution < -0.4 is 5.56 Å². The van der Waals surface area contributed by atoms with Gasteiger partial charge in [-0.25, -0.2) is 9.97 Å². The summed E-state index contributed by atoms with van der Waals surface area (Å²) in [5.41, 5.74) is 2.76. The highest BCUT2D eigenvalue weighted by molar-refractivity contribution is 5.78. The van der Waals surface area contributed by atoms with Crippen molar-refractivity contribution < 1.29 is 4.79 Å². The molecule has 0 N–H and O–H groups in total. The van der Waals surface area contributed by atoms with Crippen molar-refractivity contribution in [2.45, 2.75) is 31.3 Å². The van der Waals surface area contributed by atoms with Crippen LogP contribution in [-0.4, -0.2) is 43.0 Å². The molecule has 0 bridgehead atoms. The van der Waals surface area contributed by atoms with E-state index in [1.54, 1.807) is 11.0 Å². The van der Waals surface area contributed by atoms with E-state index in [1.165, 1.54) is 10.9 Å². The molecule has 1 saturated heterocycles. The van der Waals surface area contributed by atoms with Crippen molar-refractivity contribution in [3.63, 3.8) is 0 Å². The van der Waals surface area contributed by atoms with E-state index in [2.05, 4.69) is 14.5 Å². The molecule has 2 aliphatic rings. The molecule has 7 heteroatoms. The fourth-order valence-electron chi connectivity index (χ4n) is 3.51. The first-order valence-corrected chi connectivity index (χ1v) is 8.95. The Morgan fingerprint density at radius 3 is 2.69 bits per heavy atom. The molecule has 1 amide bonds. The quantitative estimate of drug-likeness (QED) is 0.716. The number of aromatic nitrogens is 4. The van der Waals surface area contributed by atoms with Crippen molar-refractivity contribution in [3.05, 3.63) is 59.0 Å².